The summed E-state index contributed by atoms with van der Waals surface area (Å²) in [6.07, 6.45) is 0.895. The number of rotatable bonds is 6. The summed E-state index contributed by atoms with van der Waals surface area (Å²) in [5.74, 6) is 0.683. The van der Waals surface area contributed by atoms with Crippen molar-refractivity contribution in [1.29, 1.82) is 0 Å². The van der Waals surface area contributed by atoms with Gasteiger partial charge in [0.15, 0.2) is 0 Å². The molecule has 0 aliphatic heterocycles. The molecule has 0 aliphatic rings. The van der Waals surface area contributed by atoms with E-state index in [0.29, 0.717) is 11.1 Å². The van der Waals surface area contributed by atoms with Gasteiger partial charge in [0.25, 0.3) is 5.22 Å². The molecule has 0 aliphatic carbocycles. The molecule has 1 aromatic heterocycles. The Labute approximate surface area is 173 Å². The Kier molecular flexibility index (Phi) is 6.64. The van der Waals surface area contributed by atoms with Crippen LogP contribution < -0.4 is 5.32 Å². The van der Waals surface area contributed by atoms with Gasteiger partial charge in [-0.25, -0.2) is 0 Å². The molecule has 6 heteroatoms. The molecular weight excluding hydrogens is 370 g/mol. The fourth-order valence-corrected chi connectivity index (χ4v) is 3.97. The summed E-state index contributed by atoms with van der Waals surface area (Å²) < 4.78 is 5.72. The van der Waals surface area contributed by atoms with E-state index in [2.05, 4.69) is 69.2 Å². The zero-order valence-corrected chi connectivity index (χ0v) is 19.2. The van der Waals surface area contributed by atoms with Gasteiger partial charge in [0.2, 0.25) is 11.8 Å². The molecule has 0 atom stereocenters. The van der Waals surface area contributed by atoms with Crippen LogP contribution in [0.1, 0.15) is 67.4 Å². The highest BCUT2D eigenvalue weighted by Gasteiger charge is 2.27. The third-order valence-corrected chi connectivity index (χ3v) is 5.00. The SMILES string of the molecule is CC(C)(C)CC(C)(C)NC(=O)CSc1nnc(-c2ccc(C(C)(C)C)cc2)o1. The Morgan fingerprint density at radius 2 is 1.61 bits per heavy atom. The third-order valence-electron chi connectivity index (χ3n) is 4.18. The van der Waals surface area contributed by atoms with Gasteiger partial charge >= 0.3 is 0 Å². The maximum absolute atomic E-state index is 12.3. The maximum Gasteiger partial charge on any atom is 0.277 e. The van der Waals surface area contributed by atoms with Crippen LogP contribution in [0.4, 0.5) is 0 Å². The highest BCUT2D eigenvalue weighted by Crippen LogP contribution is 2.28. The van der Waals surface area contributed by atoms with Gasteiger partial charge in [-0.2, -0.15) is 0 Å². The van der Waals surface area contributed by atoms with Crippen LogP contribution in [0, 0.1) is 5.41 Å². The van der Waals surface area contributed by atoms with Crippen molar-refractivity contribution in [2.45, 2.75) is 78.0 Å². The van der Waals surface area contributed by atoms with Gasteiger partial charge in [-0.15, -0.1) is 10.2 Å². The molecule has 1 N–H and O–H groups in total. The largest absolute Gasteiger partial charge is 0.411 e. The summed E-state index contributed by atoms with van der Waals surface area (Å²) in [5.41, 5.74) is 2.11. The van der Waals surface area contributed by atoms with Gasteiger partial charge in [-0.05, 0) is 48.8 Å². The lowest BCUT2D eigenvalue weighted by molar-refractivity contribution is -0.120. The lowest BCUT2D eigenvalue weighted by atomic mass is 9.82. The molecule has 1 amide bonds. The molecule has 0 spiro atoms. The lowest BCUT2D eigenvalue weighted by Crippen LogP contribution is -2.46. The predicted molar refractivity (Wildman–Crippen MR) is 115 cm³/mol. The first-order valence-electron chi connectivity index (χ1n) is 9.63. The molecule has 0 fully saturated rings. The van der Waals surface area contributed by atoms with Crippen LogP contribution in [0.2, 0.25) is 0 Å². The molecule has 0 unspecified atom stereocenters. The van der Waals surface area contributed by atoms with E-state index < -0.39 is 0 Å². The minimum atomic E-state index is -0.259. The lowest BCUT2D eigenvalue weighted by Gasteiger charge is -2.33. The second-order valence-electron chi connectivity index (χ2n) is 10.2. The van der Waals surface area contributed by atoms with E-state index in [0.717, 1.165) is 12.0 Å². The van der Waals surface area contributed by atoms with E-state index in [1.54, 1.807) is 0 Å². The summed E-state index contributed by atoms with van der Waals surface area (Å²) in [7, 11) is 0. The number of carbonyl (C=O) groups excluding carboxylic acids is 1. The first kappa shape index (κ1) is 22.5. The van der Waals surface area contributed by atoms with E-state index in [-0.39, 0.29) is 28.0 Å². The highest BCUT2D eigenvalue weighted by atomic mass is 32.2. The number of nitrogens with one attached hydrogen (secondary N) is 1. The number of benzene rings is 1. The molecule has 0 bridgehead atoms. The second-order valence-corrected chi connectivity index (χ2v) is 11.1. The maximum atomic E-state index is 12.3. The first-order valence-corrected chi connectivity index (χ1v) is 10.6. The third kappa shape index (κ3) is 6.97. The first-order chi connectivity index (χ1) is 12.8. The Morgan fingerprint density at radius 3 is 2.14 bits per heavy atom. The van der Waals surface area contributed by atoms with Gasteiger partial charge in [-0.1, -0.05) is 65.4 Å². The van der Waals surface area contributed by atoms with Crippen LogP contribution in [-0.2, 0) is 10.2 Å². The summed E-state index contributed by atoms with van der Waals surface area (Å²) in [5, 5.41) is 11.7. The smallest absolute Gasteiger partial charge is 0.277 e. The van der Waals surface area contributed by atoms with Gasteiger partial charge < -0.3 is 9.73 Å². The van der Waals surface area contributed by atoms with Crippen molar-refractivity contribution >= 4 is 17.7 Å². The predicted octanol–water partition coefficient (Wildman–Crippen LogP) is 5.46. The van der Waals surface area contributed by atoms with Crippen molar-refractivity contribution in [1.82, 2.24) is 15.5 Å². The minimum absolute atomic E-state index is 0.0338. The van der Waals surface area contributed by atoms with Crippen molar-refractivity contribution in [2.75, 3.05) is 5.75 Å². The van der Waals surface area contributed by atoms with E-state index in [1.807, 2.05) is 26.0 Å². The van der Waals surface area contributed by atoms with Crippen molar-refractivity contribution < 1.29 is 9.21 Å². The molecule has 28 heavy (non-hydrogen) atoms. The summed E-state index contributed by atoms with van der Waals surface area (Å²) >= 11 is 1.26. The van der Waals surface area contributed by atoms with Crippen molar-refractivity contribution in [2.24, 2.45) is 5.41 Å². The van der Waals surface area contributed by atoms with Crippen LogP contribution in [0.3, 0.4) is 0 Å². The number of hydrogen-bond donors (Lipinski definition) is 1. The number of nitrogens with zero attached hydrogens (tertiary/aromatic N) is 2. The highest BCUT2D eigenvalue weighted by molar-refractivity contribution is 7.99. The van der Waals surface area contributed by atoms with Crippen molar-refractivity contribution in [3.05, 3.63) is 29.8 Å². The van der Waals surface area contributed by atoms with Crippen LogP contribution in [0.25, 0.3) is 11.5 Å². The number of aromatic nitrogens is 2. The molecule has 154 valence electrons. The monoisotopic (exact) mass is 403 g/mol. The topological polar surface area (TPSA) is 68.0 Å². The summed E-state index contributed by atoms with van der Waals surface area (Å²) in [6.45, 7) is 17.1. The van der Waals surface area contributed by atoms with Gasteiger partial charge in [0.1, 0.15) is 0 Å². The molecule has 1 heterocycles. The molecule has 1 aromatic carbocycles. The average Bonchev–Trinajstić information content (AvgIpc) is 2.98. The number of amides is 1. The fraction of sp³-hybridized carbons (Fsp3) is 0.591. The summed E-state index contributed by atoms with van der Waals surface area (Å²) in [4.78, 5) is 12.3. The molecule has 0 radical (unpaired) electrons. The Balaban J connectivity index is 1.93. The molecule has 0 saturated carbocycles. The Morgan fingerprint density at radius 1 is 1.00 bits per heavy atom. The van der Waals surface area contributed by atoms with Crippen molar-refractivity contribution in [3.63, 3.8) is 0 Å². The Bertz CT molecular complexity index is 796. The van der Waals surface area contributed by atoms with E-state index in [1.165, 1.54) is 17.3 Å². The van der Waals surface area contributed by atoms with Crippen LogP contribution >= 0.6 is 11.8 Å². The number of carbonyl (C=O) groups is 1. The van der Waals surface area contributed by atoms with E-state index in [4.69, 9.17) is 4.42 Å². The molecule has 5 nitrogen and oxygen atoms in total. The average molecular weight is 404 g/mol. The quantitative estimate of drug-likeness (QED) is 0.649. The van der Waals surface area contributed by atoms with Gasteiger partial charge in [0, 0.05) is 11.1 Å². The second kappa shape index (κ2) is 8.27. The van der Waals surface area contributed by atoms with Crippen LogP contribution in [-0.4, -0.2) is 27.4 Å². The fourth-order valence-electron chi connectivity index (χ4n) is 3.41. The summed E-state index contributed by atoms with van der Waals surface area (Å²) in [6, 6.07) is 8.14. The van der Waals surface area contributed by atoms with Crippen molar-refractivity contribution in [3.8, 4) is 11.5 Å². The zero-order chi connectivity index (χ0) is 21.2. The molecule has 2 rings (SSSR count). The molecule has 0 saturated heterocycles. The zero-order valence-electron chi connectivity index (χ0n) is 18.3. The Hall–Kier alpha value is -1.82. The van der Waals surface area contributed by atoms with Gasteiger partial charge in [0.05, 0.1) is 5.75 Å². The van der Waals surface area contributed by atoms with Gasteiger partial charge in [-0.3, -0.25) is 4.79 Å². The normalized spacial score (nSPS) is 12.9. The van der Waals surface area contributed by atoms with E-state index >= 15 is 0 Å². The molecular formula is C22H33N3O2S. The number of thioether (sulfide) groups is 1. The van der Waals surface area contributed by atoms with E-state index in [9.17, 15) is 4.79 Å². The van der Waals surface area contributed by atoms with Crippen LogP contribution in [0.15, 0.2) is 33.9 Å². The molecule has 2 aromatic rings. The standard InChI is InChI=1S/C22H33N3O2S/c1-20(2,3)14-22(7,8)23-17(26)13-28-19-25-24-18(27-19)15-9-11-16(12-10-15)21(4,5)6/h9-12H,13-14H2,1-8H3,(H,23,26). The number of hydrogen-bond acceptors (Lipinski definition) is 5. The minimum Gasteiger partial charge on any atom is -0.411 e. The van der Waals surface area contributed by atoms with Crippen LogP contribution in [0.5, 0.6) is 0 Å².